The summed E-state index contributed by atoms with van der Waals surface area (Å²) < 4.78 is 2.51. The highest BCUT2D eigenvalue weighted by Crippen LogP contribution is 2.40. The van der Waals surface area contributed by atoms with E-state index < -0.39 is 0 Å². The van der Waals surface area contributed by atoms with Crippen LogP contribution in [0.15, 0.2) is 12.1 Å². The summed E-state index contributed by atoms with van der Waals surface area (Å²) in [4.78, 5) is 0. The Hall–Kier alpha value is -0.760. The van der Waals surface area contributed by atoms with E-state index in [1.165, 1.54) is 25.1 Å². The zero-order chi connectivity index (χ0) is 7.97. The molecule has 1 aromatic rings. The molecule has 1 fully saturated rings. The Bertz CT molecular complexity index is 297. The largest absolute Gasteiger partial charge is 0.346 e. The highest BCUT2D eigenvalue weighted by molar-refractivity contribution is 5.24. The van der Waals surface area contributed by atoms with Crippen LogP contribution in [0.4, 0.5) is 0 Å². The van der Waals surface area contributed by atoms with Gasteiger partial charge in [0.2, 0.25) is 0 Å². The first-order valence-electron chi connectivity index (χ1n) is 4.84. The first-order valence-corrected chi connectivity index (χ1v) is 4.84. The van der Waals surface area contributed by atoms with Crippen LogP contribution in [0.2, 0.25) is 0 Å². The molecule has 2 nitrogen and oxygen atoms in total. The van der Waals surface area contributed by atoms with Gasteiger partial charge in [0.05, 0.1) is 0 Å². The van der Waals surface area contributed by atoms with E-state index in [-0.39, 0.29) is 0 Å². The van der Waals surface area contributed by atoms with Crippen molar-refractivity contribution in [3.05, 3.63) is 23.5 Å². The first kappa shape index (κ1) is 6.72. The third-order valence-corrected chi connectivity index (χ3v) is 2.92. The van der Waals surface area contributed by atoms with E-state index in [1.54, 1.807) is 5.69 Å². The fourth-order valence-corrected chi connectivity index (χ4v) is 2.10. The normalized spacial score (nSPS) is 22.3. The van der Waals surface area contributed by atoms with Crippen molar-refractivity contribution in [2.45, 2.75) is 31.8 Å². The summed E-state index contributed by atoms with van der Waals surface area (Å²) in [6, 6.07) is 4.60. The zero-order valence-corrected chi connectivity index (χ0v) is 7.21. The van der Waals surface area contributed by atoms with Crippen LogP contribution in [0, 0.1) is 0 Å². The maximum Gasteiger partial charge on any atom is 0.0360 e. The highest BCUT2D eigenvalue weighted by Gasteiger charge is 2.27. The monoisotopic (exact) mass is 162 g/mol. The standard InChI is InChI=1S/C10H14N2/c1-2-8(1)10-4-3-9-7-11-5-6-12(9)10/h3-4,8,11H,1-2,5-7H2. The number of fused-ring (bicyclic) bond motifs is 1. The smallest absolute Gasteiger partial charge is 0.0360 e. The van der Waals surface area contributed by atoms with Crippen molar-refractivity contribution in [1.82, 2.24) is 9.88 Å². The molecule has 0 amide bonds. The molecule has 1 aliphatic heterocycles. The predicted octanol–water partition coefficient (Wildman–Crippen LogP) is 1.47. The lowest BCUT2D eigenvalue weighted by Gasteiger charge is -2.18. The van der Waals surface area contributed by atoms with Gasteiger partial charge in [-0.1, -0.05) is 0 Å². The lowest BCUT2D eigenvalue weighted by molar-refractivity contribution is 0.503. The molecule has 0 aromatic carbocycles. The molecule has 1 N–H and O–H groups in total. The van der Waals surface area contributed by atoms with E-state index >= 15 is 0 Å². The summed E-state index contributed by atoms with van der Waals surface area (Å²) in [6.07, 6.45) is 2.83. The van der Waals surface area contributed by atoms with Crippen LogP contribution < -0.4 is 5.32 Å². The Balaban J connectivity index is 2.03. The summed E-state index contributed by atoms with van der Waals surface area (Å²) in [5.41, 5.74) is 3.06. The van der Waals surface area contributed by atoms with Crippen molar-refractivity contribution >= 4 is 0 Å². The van der Waals surface area contributed by atoms with Gasteiger partial charge in [0, 0.05) is 31.0 Å². The van der Waals surface area contributed by atoms with E-state index in [1.807, 2.05) is 0 Å². The molecule has 1 saturated carbocycles. The summed E-state index contributed by atoms with van der Waals surface area (Å²) >= 11 is 0. The van der Waals surface area contributed by atoms with Crippen LogP contribution in [0.1, 0.15) is 30.1 Å². The lowest BCUT2D eigenvalue weighted by atomic mass is 10.3. The number of nitrogens with one attached hydrogen (secondary N) is 1. The van der Waals surface area contributed by atoms with Gasteiger partial charge in [0.25, 0.3) is 0 Å². The number of hydrogen-bond donors (Lipinski definition) is 1. The molecule has 12 heavy (non-hydrogen) atoms. The van der Waals surface area contributed by atoms with Gasteiger partial charge in [0.15, 0.2) is 0 Å². The van der Waals surface area contributed by atoms with Crippen LogP contribution in [0.25, 0.3) is 0 Å². The van der Waals surface area contributed by atoms with Crippen molar-refractivity contribution in [3.8, 4) is 0 Å². The number of hydrogen-bond acceptors (Lipinski definition) is 1. The minimum absolute atomic E-state index is 0.900. The Morgan fingerprint density at radius 3 is 3.08 bits per heavy atom. The number of nitrogens with zero attached hydrogens (tertiary/aromatic N) is 1. The third kappa shape index (κ3) is 0.911. The molecule has 0 spiro atoms. The molecule has 2 heterocycles. The zero-order valence-electron chi connectivity index (χ0n) is 7.21. The van der Waals surface area contributed by atoms with Crippen molar-refractivity contribution < 1.29 is 0 Å². The van der Waals surface area contributed by atoms with E-state index in [0.717, 1.165) is 19.0 Å². The van der Waals surface area contributed by atoms with E-state index in [4.69, 9.17) is 0 Å². The molecule has 0 unspecified atom stereocenters. The van der Waals surface area contributed by atoms with Crippen LogP contribution in [-0.2, 0) is 13.1 Å². The Labute approximate surface area is 72.6 Å². The molecular formula is C10H14N2. The second-order valence-corrected chi connectivity index (χ2v) is 3.85. The molecule has 1 aliphatic carbocycles. The van der Waals surface area contributed by atoms with E-state index in [0.29, 0.717) is 0 Å². The number of rotatable bonds is 1. The van der Waals surface area contributed by atoms with Gasteiger partial charge in [-0.2, -0.15) is 0 Å². The van der Waals surface area contributed by atoms with Crippen LogP contribution in [0.5, 0.6) is 0 Å². The van der Waals surface area contributed by atoms with Gasteiger partial charge in [-0.3, -0.25) is 0 Å². The third-order valence-electron chi connectivity index (χ3n) is 2.92. The molecule has 2 heteroatoms. The average Bonchev–Trinajstić information content (AvgIpc) is 2.86. The second kappa shape index (κ2) is 2.36. The van der Waals surface area contributed by atoms with Crippen LogP contribution in [-0.4, -0.2) is 11.1 Å². The Morgan fingerprint density at radius 2 is 2.25 bits per heavy atom. The van der Waals surface area contributed by atoms with Gasteiger partial charge < -0.3 is 9.88 Å². The second-order valence-electron chi connectivity index (χ2n) is 3.85. The van der Waals surface area contributed by atoms with Gasteiger partial charge in [0.1, 0.15) is 0 Å². The predicted molar refractivity (Wildman–Crippen MR) is 48.1 cm³/mol. The summed E-state index contributed by atoms with van der Waals surface area (Å²) in [6.45, 7) is 3.38. The molecule has 0 atom stereocenters. The molecular weight excluding hydrogens is 148 g/mol. The van der Waals surface area contributed by atoms with Gasteiger partial charge in [-0.25, -0.2) is 0 Å². The molecule has 64 valence electrons. The summed E-state index contributed by atoms with van der Waals surface area (Å²) in [7, 11) is 0. The average molecular weight is 162 g/mol. The van der Waals surface area contributed by atoms with Gasteiger partial charge >= 0.3 is 0 Å². The van der Waals surface area contributed by atoms with E-state index in [2.05, 4.69) is 22.0 Å². The van der Waals surface area contributed by atoms with Crippen molar-refractivity contribution in [2.75, 3.05) is 6.54 Å². The molecule has 3 rings (SSSR count). The first-order chi connectivity index (χ1) is 5.95. The maximum atomic E-state index is 3.39. The lowest BCUT2D eigenvalue weighted by Crippen LogP contribution is -2.28. The maximum absolute atomic E-state index is 3.39. The van der Waals surface area contributed by atoms with Crippen LogP contribution in [0.3, 0.4) is 0 Å². The topological polar surface area (TPSA) is 17.0 Å². The fraction of sp³-hybridized carbons (Fsp3) is 0.600. The van der Waals surface area contributed by atoms with Crippen molar-refractivity contribution in [3.63, 3.8) is 0 Å². The number of aromatic nitrogens is 1. The van der Waals surface area contributed by atoms with Crippen molar-refractivity contribution in [1.29, 1.82) is 0 Å². The Morgan fingerprint density at radius 1 is 1.33 bits per heavy atom. The summed E-state index contributed by atoms with van der Waals surface area (Å²) in [5.74, 6) is 0.900. The SMILES string of the molecule is c1cc(C2CC2)n2c1CNCC2. The van der Waals surface area contributed by atoms with Crippen molar-refractivity contribution in [2.24, 2.45) is 0 Å². The Kier molecular flexibility index (Phi) is 1.32. The summed E-state index contributed by atoms with van der Waals surface area (Å²) in [5, 5.41) is 3.39. The van der Waals surface area contributed by atoms with Gasteiger partial charge in [-0.15, -0.1) is 0 Å². The molecule has 0 bridgehead atoms. The molecule has 0 saturated heterocycles. The quantitative estimate of drug-likeness (QED) is 0.661. The molecule has 0 radical (unpaired) electrons. The van der Waals surface area contributed by atoms with Crippen LogP contribution >= 0.6 is 0 Å². The van der Waals surface area contributed by atoms with Gasteiger partial charge in [-0.05, 0) is 30.9 Å². The fourth-order valence-electron chi connectivity index (χ4n) is 2.10. The molecule has 2 aliphatic rings. The minimum atomic E-state index is 0.900. The minimum Gasteiger partial charge on any atom is -0.346 e. The highest BCUT2D eigenvalue weighted by atomic mass is 15.1. The molecule has 1 aromatic heterocycles. The van der Waals surface area contributed by atoms with E-state index in [9.17, 15) is 0 Å².